The number of benzene rings is 2. The van der Waals surface area contributed by atoms with Gasteiger partial charge in [0.2, 0.25) is 10.0 Å². The molecule has 0 fully saturated rings. The SMILES string of the molecule is COC(=O)c1cn(C(=O)[C@H](C)N(c2ccc(OC)c(Cl)c2)S(C)(=O)=O)c2ccccc12. The third-order valence-corrected chi connectivity index (χ3v) is 6.35. The zero-order valence-corrected chi connectivity index (χ0v) is 18.9. The minimum atomic E-state index is -3.87. The Morgan fingerprint density at radius 2 is 1.81 bits per heavy atom. The second kappa shape index (κ2) is 8.60. The molecule has 0 aliphatic carbocycles. The van der Waals surface area contributed by atoms with Crippen LogP contribution in [0.4, 0.5) is 5.69 Å². The molecule has 1 heterocycles. The smallest absolute Gasteiger partial charge is 0.340 e. The van der Waals surface area contributed by atoms with Crippen molar-refractivity contribution in [3.63, 3.8) is 0 Å². The van der Waals surface area contributed by atoms with E-state index in [-0.39, 0.29) is 16.3 Å². The number of aromatic nitrogens is 1. The fourth-order valence-corrected chi connectivity index (χ4v) is 4.84. The van der Waals surface area contributed by atoms with Crippen molar-refractivity contribution in [1.29, 1.82) is 0 Å². The number of ether oxygens (including phenoxy) is 2. The summed E-state index contributed by atoms with van der Waals surface area (Å²) in [5.74, 6) is -0.780. The minimum Gasteiger partial charge on any atom is -0.495 e. The molecule has 164 valence electrons. The van der Waals surface area contributed by atoms with Gasteiger partial charge in [-0.1, -0.05) is 29.8 Å². The molecule has 0 spiro atoms. The molecule has 31 heavy (non-hydrogen) atoms. The quantitative estimate of drug-likeness (QED) is 0.517. The van der Waals surface area contributed by atoms with Crippen molar-refractivity contribution in [3.8, 4) is 5.75 Å². The molecule has 1 aromatic heterocycles. The largest absolute Gasteiger partial charge is 0.495 e. The van der Waals surface area contributed by atoms with Crippen molar-refractivity contribution in [1.82, 2.24) is 4.57 Å². The van der Waals surface area contributed by atoms with Crippen molar-refractivity contribution in [2.45, 2.75) is 13.0 Å². The highest BCUT2D eigenvalue weighted by atomic mass is 35.5. The Morgan fingerprint density at radius 1 is 1.13 bits per heavy atom. The molecule has 0 radical (unpaired) electrons. The maximum absolute atomic E-state index is 13.4. The van der Waals surface area contributed by atoms with E-state index in [4.69, 9.17) is 21.1 Å². The predicted octanol–water partition coefficient (Wildman–Crippen LogP) is 3.58. The molecule has 10 heteroatoms. The first-order chi connectivity index (χ1) is 14.6. The molecule has 0 N–H and O–H groups in total. The Bertz CT molecular complexity index is 1270. The van der Waals surface area contributed by atoms with Crippen LogP contribution in [0.2, 0.25) is 5.02 Å². The molecular weight excluding hydrogens is 444 g/mol. The molecule has 0 saturated heterocycles. The van der Waals surface area contributed by atoms with E-state index in [0.29, 0.717) is 16.7 Å². The van der Waals surface area contributed by atoms with Crippen molar-refractivity contribution >= 4 is 50.1 Å². The number of carbonyl (C=O) groups is 2. The van der Waals surface area contributed by atoms with Gasteiger partial charge in [-0.15, -0.1) is 0 Å². The third-order valence-electron chi connectivity index (χ3n) is 4.81. The number of methoxy groups -OCH3 is 2. The lowest BCUT2D eigenvalue weighted by Gasteiger charge is -2.28. The first-order valence-electron chi connectivity index (χ1n) is 9.15. The minimum absolute atomic E-state index is 0.202. The number of esters is 1. The van der Waals surface area contributed by atoms with E-state index in [1.807, 2.05) is 0 Å². The fraction of sp³-hybridized carbons (Fsp3) is 0.238. The molecule has 0 unspecified atom stereocenters. The van der Waals surface area contributed by atoms with Crippen LogP contribution in [0.3, 0.4) is 0 Å². The second-order valence-corrected chi connectivity index (χ2v) is 9.08. The zero-order chi connectivity index (χ0) is 22.9. The molecule has 0 bridgehead atoms. The summed E-state index contributed by atoms with van der Waals surface area (Å²) in [4.78, 5) is 25.6. The van der Waals surface area contributed by atoms with Crippen LogP contribution >= 0.6 is 11.6 Å². The van der Waals surface area contributed by atoms with E-state index >= 15 is 0 Å². The Hall–Kier alpha value is -3.04. The van der Waals surface area contributed by atoms with Crippen LogP contribution in [0.15, 0.2) is 48.7 Å². The monoisotopic (exact) mass is 464 g/mol. The molecule has 1 atom stereocenters. The van der Waals surface area contributed by atoms with Crippen molar-refractivity contribution < 1.29 is 27.5 Å². The first-order valence-corrected chi connectivity index (χ1v) is 11.4. The summed E-state index contributed by atoms with van der Waals surface area (Å²) in [5.41, 5.74) is 0.872. The maximum Gasteiger partial charge on any atom is 0.340 e. The standard InChI is InChI=1S/C21H21ClN2O6S/c1-13(24(31(4,27)28)14-9-10-19(29-2)17(22)11-14)20(25)23-12-16(21(26)30-3)15-7-5-6-8-18(15)23/h5-13H,1-4H3/t13-/m0/s1. The van der Waals surface area contributed by atoms with Crippen LogP contribution in [0.25, 0.3) is 10.9 Å². The van der Waals surface area contributed by atoms with Crippen molar-refractivity contribution in [3.05, 3.63) is 59.2 Å². The number of nitrogens with zero attached hydrogens (tertiary/aromatic N) is 2. The molecule has 0 saturated carbocycles. The molecular formula is C21H21ClN2O6S. The maximum atomic E-state index is 13.4. The molecule has 0 aliphatic heterocycles. The van der Waals surface area contributed by atoms with Gasteiger partial charge in [-0.05, 0) is 31.2 Å². The Morgan fingerprint density at radius 3 is 2.39 bits per heavy atom. The van der Waals surface area contributed by atoms with Gasteiger partial charge in [-0.3, -0.25) is 13.7 Å². The summed E-state index contributed by atoms with van der Waals surface area (Å²) in [6.45, 7) is 1.47. The summed E-state index contributed by atoms with van der Waals surface area (Å²) in [5, 5.41) is 0.723. The number of sulfonamides is 1. The van der Waals surface area contributed by atoms with Crippen LogP contribution in [0, 0.1) is 0 Å². The van der Waals surface area contributed by atoms with Gasteiger partial charge in [-0.2, -0.15) is 0 Å². The molecule has 0 amide bonds. The van der Waals surface area contributed by atoms with Gasteiger partial charge in [0, 0.05) is 11.6 Å². The summed E-state index contributed by atoms with van der Waals surface area (Å²) < 4.78 is 37.4. The van der Waals surface area contributed by atoms with Crippen molar-refractivity contribution in [2.75, 3.05) is 24.8 Å². The first kappa shape index (κ1) is 22.6. The summed E-state index contributed by atoms with van der Waals surface area (Å²) in [6.07, 6.45) is 2.36. The lowest BCUT2D eigenvalue weighted by molar-refractivity contribution is 0.0603. The lowest BCUT2D eigenvalue weighted by Crippen LogP contribution is -2.44. The number of carbonyl (C=O) groups excluding carboxylic acids is 2. The van der Waals surface area contributed by atoms with Gasteiger partial charge < -0.3 is 9.47 Å². The van der Waals surface area contributed by atoms with E-state index < -0.39 is 27.9 Å². The topological polar surface area (TPSA) is 94.9 Å². The van der Waals surface area contributed by atoms with E-state index in [9.17, 15) is 18.0 Å². The number of hydrogen-bond acceptors (Lipinski definition) is 6. The lowest BCUT2D eigenvalue weighted by atomic mass is 10.2. The molecule has 3 rings (SSSR count). The fourth-order valence-electron chi connectivity index (χ4n) is 3.43. The predicted molar refractivity (Wildman–Crippen MR) is 119 cm³/mol. The Balaban J connectivity index is 2.12. The number of rotatable bonds is 6. The van der Waals surface area contributed by atoms with Gasteiger partial charge in [0.25, 0.3) is 5.91 Å². The number of fused-ring (bicyclic) bond motifs is 1. The van der Waals surface area contributed by atoms with Gasteiger partial charge in [0.1, 0.15) is 11.8 Å². The average Bonchev–Trinajstić information content (AvgIpc) is 3.11. The van der Waals surface area contributed by atoms with E-state index in [2.05, 4.69) is 0 Å². The Labute approximate surface area is 185 Å². The van der Waals surface area contributed by atoms with Gasteiger partial charge >= 0.3 is 5.97 Å². The van der Waals surface area contributed by atoms with Crippen LogP contribution < -0.4 is 9.04 Å². The Kier molecular flexibility index (Phi) is 6.28. The van der Waals surface area contributed by atoms with Gasteiger partial charge in [-0.25, -0.2) is 13.2 Å². The molecule has 3 aromatic rings. The van der Waals surface area contributed by atoms with E-state index in [0.717, 1.165) is 10.6 Å². The molecule has 8 nitrogen and oxygen atoms in total. The normalized spacial score (nSPS) is 12.4. The second-order valence-electron chi connectivity index (χ2n) is 6.81. The summed E-state index contributed by atoms with van der Waals surface area (Å²) in [7, 11) is -1.18. The average molecular weight is 465 g/mol. The highest BCUT2D eigenvalue weighted by Crippen LogP contribution is 2.32. The third kappa shape index (κ3) is 4.24. The summed E-state index contributed by atoms with van der Waals surface area (Å²) >= 11 is 6.17. The zero-order valence-electron chi connectivity index (χ0n) is 17.3. The number of halogens is 1. The molecule has 2 aromatic carbocycles. The van der Waals surface area contributed by atoms with Crippen LogP contribution in [-0.4, -0.2) is 51.4 Å². The number of anilines is 1. The van der Waals surface area contributed by atoms with E-state index in [1.165, 1.54) is 50.1 Å². The number of hydrogen-bond donors (Lipinski definition) is 0. The highest BCUT2D eigenvalue weighted by molar-refractivity contribution is 7.92. The van der Waals surface area contributed by atoms with Crippen LogP contribution in [0.1, 0.15) is 22.1 Å². The highest BCUT2D eigenvalue weighted by Gasteiger charge is 2.32. The van der Waals surface area contributed by atoms with E-state index in [1.54, 1.807) is 24.3 Å². The van der Waals surface area contributed by atoms with Crippen molar-refractivity contribution in [2.24, 2.45) is 0 Å². The van der Waals surface area contributed by atoms with Crippen LogP contribution in [0.5, 0.6) is 5.75 Å². The molecule has 0 aliphatic rings. The summed E-state index contributed by atoms with van der Waals surface area (Å²) in [6, 6.07) is 10.1. The van der Waals surface area contributed by atoms with Gasteiger partial charge in [0.15, 0.2) is 0 Å². The number of para-hydroxylation sites is 1. The van der Waals surface area contributed by atoms with Crippen LogP contribution in [-0.2, 0) is 14.8 Å². The van der Waals surface area contributed by atoms with Gasteiger partial charge in [0.05, 0.1) is 42.3 Å².